The first-order chi connectivity index (χ1) is 10.4. The maximum Gasteiger partial charge on any atom is 0.164 e. The van der Waals surface area contributed by atoms with E-state index in [0.717, 1.165) is 5.56 Å². The molecular formula is C16H24O6. The molecule has 0 radical (unpaired) electrons. The Hall–Kier alpha value is -1.02. The predicted molar refractivity (Wildman–Crippen MR) is 79.0 cm³/mol. The summed E-state index contributed by atoms with van der Waals surface area (Å²) in [5, 5.41) is 28.6. The highest BCUT2D eigenvalue weighted by atomic mass is 16.8. The zero-order valence-corrected chi connectivity index (χ0v) is 12.9. The Labute approximate surface area is 130 Å². The number of rotatable bonds is 7. The molecule has 1 aliphatic heterocycles. The fourth-order valence-electron chi connectivity index (χ4n) is 2.48. The molecule has 0 unspecified atom stereocenters. The standard InChI is InChI=1S/C16H24O6/c1-16(2)21-13(15(22-16)14(19)12(18)8-17)10-20-9-11-6-4-3-5-7-11/h3-7,12-15,17-19H,8-10H2,1-2H3/t12-,13-,14+,15+/m0/s1. The van der Waals surface area contributed by atoms with Gasteiger partial charge in [0.05, 0.1) is 19.8 Å². The fourth-order valence-corrected chi connectivity index (χ4v) is 2.48. The van der Waals surface area contributed by atoms with E-state index in [-0.39, 0.29) is 6.61 Å². The van der Waals surface area contributed by atoms with Crippen molar-refractivity contribution in [2.45, 2.75) is 50.7 Å². The third kappa shape index (κ3) is 4.49. The molecule has 0 bridgehead atoms. The van der Waals surface area contributed by atoms with Crippen molar-refractivity contribution in [3.8, 4) is 0 Å². The second-order valence-electron chi connectivity index (χ2n) is 5.88. The van der Waals surface area contributed by atoms with Gasteiger partial charge in [-0.05, 0) is 19.4 Å². The second-order valence-corrected chi connectivity index (χ2v) is 5.88. The minimum Gasteiger partial charge on any atom is -0.394 e. The summed E-state index contributed by atoms with van der Waals surface area (Å²) < 4.78 is 17.0. The zero-order valence-electron chi connectivity index (χ0n) is 12.9. The van der Waals surface area contributed by atoms with Crippen LogP contribution in [-0.4, -0.2) is 58.7 Å². The van der Waals surface area contributed by atoms with Crippen LogP contribution in [0, 0.1) is 0 Å². The van der Waals surface area contributed by atoms with E-state index in [0.29, 0.717) is 6.61 Å². The normalized spacial score (nSPS) is 26.8. The van der Waals surface area contributed by atoms with Crippen molar-refractivity contribution >= 4 is 0 Å². The molecule has 4 atom stereocenters. The number of aliphatic hydroxyl groups is 3. The van der Waals surface area contributed by atoms with Gasteiger partial charge in [-0.1, -0.05) is 30.3 Å². The molecule has 6 heteroatoms. The van der Waals surface area contributed by atoms with Crippen molar-refractivity contribution < 1.29 is 29.5 Å². The van der Waals surface area contributed by atoms with Gasteiger partial charge in [-0.2, -0.15) is 0 Å². The van der Waals surface area contributed by atoms with Crippen LogP contribution in [0.4, 0.5) is 0 Å². The van der Waals surface area contributed by atoms with Crippen LogP contribution in [0.1, 0.15) is 19.4 Å². The second kappa shape index (κ2) is 7.50. The highest BCUT2D eigenvalue weighted by molar-refractivity contribution is 5.13. The minimum absolute atomic E-state index is 0.220. The van der Waals surface area contributed by atoms with Crippen molar-refractivity contribution in [2.75, 3.05) is 13.2 Å². The topological polar surface area (TPSA) is 88.4 Å². The van der Waals surface area contributed by atoms with Crippen LogP contribution >= 0.6 is 0 Å². The summed E-state index contributed by atoms with van der Waals surface area (Å²) in [5.74, 6) is -0.873. The van der Waals surface area contributed by atoms with E-state index in [1.54, 1.807) is 13.8 Å². The number of ether oxygens (including phenoxy) is 3. The monoisotopic (exact) mass is 312 g/mol. The van der Waals surface area contributed by atoms with Crippen LogP contribution in [0.2, 0.25) is 0 Å². The molecule has 0 amide bonds. The Morgan fingerprint density at radius 2 is 1.86 bits per heavy atom. The summed E-state index contributed by atoms with van der Waals surface area (Å²) in [5.41, 5.74) is 1.04. The smallest absolute Gasteiger partial charge is 0.164 e. The SMILES string of the molecule is CC1(C)O[C@@H]([C@H](O)[C@@H](O)CO)[C@H](COCc2ccccc2)O1. The van der Waals surface area contributed by atoms with E-state index in [4.69, 9.17) is 19.3 Å². The van der Waals surface area contributed by atoms with Gasteiger partial charge in [0.15, 0.2) is 5.79 Å². The van der Waals surface area contributed by atoms with E-state index in [1.807, 2.05) is 30.3 Å². The lowest BCUT2D eigenvalue weighted by Crippen LogP contribution is -2.46. The summed E-state index contributed by atoms with van der Waals surface area (Å²) in [6.45, 7) is 3.56. The summed E-state index contributed by atoms with van der Waals surface area (Å²) in [4.78, 5) is 0. The Kier molecular flexibility index (Phi) is 5.91. The molecule has 6 nitrogen and oxygen atoms in total. The first-order valence-electron chi connectivity index (χ1n) is 7.37. The third-order valence-electron chi connectivity index (χ3n) is 3.53. The quantitative estimate of drug-likeness (QED) is 0.677. The molecule has 1 aliphatic rings. The van der Waals surface area contributed by atoms with Crippen LogP contribution in [-0.2, 0) is 20.8 Å². The lowest BCUT2D eigenvalue weighted by molar-refractivity contribution is -0.165. The molecule has 124 valence electrons. The van der Waals surface area contributed by atoms with Crippen molar-refractivity contribution in [1.29, 1.82) is 0 Å². The van der Waals surface area contributed by atoms with Gasteiger partial charge in [0, 0.05) is 0 Å². The number of aliphatic hydroxyl groups excluding tert-OH is 3. The van der Waals surface area contributed by atoms with Gasteiger partial charge < -0.3 is 29.5 Å². The molecule has 0 aromatic heterocycles. The largest absolute Gasteiger partial charge is 0.394 e. The van der Waals surface area contributed by atoms with E-state index in [9.17, 15) is 10.2 Å². The number of hydrogen-bond donors (Lipinski definition) is 3. The highest BCUT2D eigenvalue weighted by Crippen LogP contribution is 2.31. The Balaban J connectivity index is 1.92. The van der Waals surface area contributed by atoms with E-state index >= 15 is 0 Å². The van der Waals surface area contributed by atoms with Gasteiger partial charge in [0.1, 0.15) is 24.4 Å². The first-order valence-corrected chi connectivity index (χ1v) is 7.37. The fraction of sp³-hybridized carbons (Fsp3) is 0.625. The average Bonchev–Trinajstić information content (AvgIpc) is 2.81. The molecule has 1 aromatic rings. The molecule has 2 rings (SSSR count). The molecule has 3 N–H and O–H groups in total. The van der Waals surface area contributed by atoms with Gasteiger partial charge in [-0.15, -0.1) is 0 Å². The van der Waals surface area contributed by atoms with Crippen LogP contribution in [0.25, 0.3) is 0 Å². The number of hydrogen-bond acceptors (Lipinski definition) is 6. The van der Waals surface area contributed by atoms with Gasteiger partial charge in [-0.25, -0.2) is 0 Å². The minimum atomic E-state index is -1.28. The van der Waals surface area contributed by atoms with Crippen molar-refractivity contribution in [2.24, 2.45) is 0 Å². The Morgan fingerprint density at radius 1 is 1.18 bits per heavy atom. The van der Waals surface area contributed by atoms with Crippen molar-refractivity contribution in [3.63, 3.8) is 0 Å². The predicted octanol–water partition coefficient (Wildman–Crippen LogP) is 0.437. The maximum atomic E-state index is 10.1. The Morgan fingerprint density at radius 3 is 2.50 bits per heavy atom. The van der Waals surface area contributed by atoms with Crippen molar-refractivity contribution in [3.05, 3.63) is 35.9 Å². The molecule has 1 heterocycles. The summed E-state index contributed by atoms with van der Waals surface area (Å²) in [7, 11) is 0. The molecule has 1 fully saturated rings. The van der Waals surface area contributed by atoms with E-state index in [1.165, 1.54) is 0 Å². The maximum absolute atomic E-state index is 10.1. The van der Waals surface area contributed by atoms with Gasteiger partial charge >= 0.3 is 0 Å². The first kappa shape index (κ1) is 17.3. The van der Waals surface area contributed by atoms with Gasteiger partial charge in [0.2, 0.25) is 0 Å². The molecular weight excluding hydrogens is 288 g/mol. The average molecular weight is 312 g/mol. The molecule has 0 aliphatic carbocycles. The summed E-state index contributed by atoms with van der Waals surface area (Å²) >= 11 is 0. The van der Waals surface area contributed by atoms with E-state index in [2.05, 4.69) is 0 Å². The molecule has 1 saturated heterocycles. The van der Waals surface area contributed by atoms with Crippen molar-refractivity contribution in [1.82, 2.24) is 0 Å². The Bertz CT molecular complexity index is 449. The summed E-state index contributed by atoms with van der Waals surface area (Å²) in [6.07, 6.45) is -3.79. The highest BCUT2D eigenvalue weighted by Gasteiger charge is 2.46. The zero-order chi connectivity index (χ0) is 16.2. The number of benzene rings is 1. The molecule has 0 spiro atoms. The van der Waals surface area contributed by atoms with Crippen LogP contribution in [0.5, 0.6) is 0 Å². The van der Waals surface area contributed by atoms with Gasteiger partial charge in [0.25, 0.3) is 0 Å². The molecule has 22 heavy (non-hydrogen) atoms. The molecule has 1 aromatic carbocycles. The van der Waals surface area contributed by atoms with E-state index < -0.39 is 36.8 Å². The van der Waals surface area contributed by atoms with Crippen LogP contribution in [0.3, 0.4) is 0 Å². The third-order valence-corrected chi connectivity index (χ3v) is 3.53. The molecule has 0 saturated carbocycles. The van der Waals surface area contributed by atoms with Crippen LogP contribution in [0.15, 0.2) is 30.3 Å². The lowest BCUT2D eigenvalue weighted by atomic mass is 10.0. The summed E-state index contributed by atoms with van der Waals surface area (Å²) in [6, 6.07) is 9.71. The lowest BCUT2D eigenvalue weighted by Gasteiger charge is -2.25. The van der Waals surface area contributed by atoms with Crippen LogP contribution < -0.4 is 0 Å². The van der Waals surface area contributed by atoms with Gasteiger partial charge in [-0.3, -0.25) is 0 Å².